The number of hydrogen-bond acceptors (Lipinski definition) is 4. The number of nitrogens with zero attached hydrogens (tertiary/aromatic N) is 2. The average molecular weight is 239 g/mol. The lowest BCUT2D eigenvalue weighted by atomic mass is 10.0. The molecule has 0 amide bonds. The van der Waals surface area contributed by atoms with E-state index in [0.717, 1.165) is 16.8 Å². The molecule has 0 radical (unpaired) electrons. The Kier molecular flexibility index (Phi) is 3.84. The predicted octanol–water partition coefficient (Wildman–Crippen LogP) is 2.82. The Bertz CT molecular complexity index is 539. The van der Waals surface area contributed by atoms with Gasteiger partial charge in [0.25, 0.3) is 0 Å². The third-order valence-electron chi connectivity index (χ3n) is 2.65. The van der Waals surface area contributed by atoms with Gasteiger partial charge in [-0.05, 0) is 41.3 Å². The fraction of sp³-hybridized carbons (Fsp3) is 0.143. The molecule has 1 aromatic heterocycles. The monoisotopic (exact) mass is 239 g/mol. The first kappa shape index (κ1) is 12.0. The van der Waals surface area contributed by atoms with Crippen molar-refractivity contribution in [3.8, 4) is 0 Å². The van der Waals surface area contributed by atoms with Gasteiger partial charge in [-0.1, -0.05) is 17.8 Å². The Hall–Kier alpha value is -2.45. The molecule has 1 aromatic rings. The number of aromatic nitrogens is 1. The van der Waals surface area contributed by atoms with E-state index in [9.17, 15) is 0 Å². The van der Waals surface area contributed by atoms with Crippen LogP contribution >= 0.6 is 0 Å². The Balaban J connectivity index is 2.12. The highest BCUT2D eigenvalue weighted by atomic mass is 16.6. The molecule has 0 saturated carbocycles. The molecule has 0 saturated heterocycles. The smallest absolute Gasteiger partial charge is 0.158 e. The van der Waals surface area contributed by atoms with Crippen LogP contribution in [0.4, 0.5) is 0 Å². The van der Waals surface area contributed by atoms with Crippen molar-refractivity contribution in [2.45, 2.75) is 12.5 Å². The van der Waals surface area contributed by atoms with Gasteiger partial charge in [-0.3, -0.25) is 10.4 Å². The summed E-state index contributed by atoms with van der Waals surface area (Å²) < 4.78 is 0. The summed E-state index contributed by atoms with van der Waals surface area (Å²) >= 11 is 0. The summed E-state index contributed by atoms with van der Waals surface area (Å²) in [4.78, 5) is 9.38. The maximum absolute atomic E-state index is 6.85. The van der Waals surface area contributed by atoms with E-state index in [4.69, 9.17) is 10.2 Å². The molecule has 4 heteroatoms. The minimum atomic E-state index is -0.0738. The summed E-state index contributed by atoms with van der Waals surface area (Å²) in [7, 11) is 0. The standard InChI is InChI=1S/C14H13N3O/c1-2-11(4-3-7-15)13-10-14(18-17-13)12-5-8-16-9-6-12/h2-6,8-9,14-15H,1,10H2/b11-4+. The Labute approximate surface area is 106 Å². The summed E-state index contributed by atoms with van der Waals surface area (Å²) in [6, 6.07) is 3.83. The maximum atomic E-state index is 6.85. The van der Waals surface area contributed by atoms with Crippen LogP contribution in [0, 0.1) is 5.41 Å². The maximum Gasteiger partial charge on any atom is 0.158 e. The van der Waals surface area contributed by atoms with Crippen molar-refractivity contribution in [1.82, 2.24) is 4.98 Å². The van der Waals surface area contributed by atoms with Gasteiger partial charge in [0, 0.05) is 18.8 Å². The first-order chi connectivity index (χ1) is 8.85. The molecule has 0 aromatic carbocycles. The van der Waals surface area contributed by atoms with Gasteiger partial charge in [-0.25, -0.2) is 0 Å². The Morgan fingerprint density at radius 1 is 1.50 bits per heavy atom. The van der Waals surface area contributed by atoms with E-state index >= 15 is 0 Å². The molecular weight excluding hydrogens is 226 g/mol. The van der Waals surface area contributed by atoms with Gasteiger partial charge in [0.1, 0.15) is 0 Å². The van der Waals surface area contributed by atoms with Gasteiger partial charge in [-0.2, -0.15) is 0 Å². The summed E-state index contributed by atoms with van der Waals surface area (Å²) in [6.45, 7) is 3.73. The molecule has 1 N–H and O–H groups in total. The number of rotatable bonds is 4. The Morgan fingerprint density at radius 2 is 2.28 bits per heavy atom. The summed E-state index contributed by atoms with van der Waals surface area (Å²) in [5, 5.41) is 10.9. The SMILES string of the molecule is C=C/C(=C\C=C=N)C1=NOC(c2ccncc2)C1. The van der Waals surface area contributed by atoms with Crippen LogP contribution in [0.3, 0.4) is 0 Å². The van der Waals surface area contributed by atoms with Crippen LogP contribution in [-0.2, 0) is 4.84 Å². The second-order valence-electron chi connectivity index (χ2n) is 3.75. The van der Waals surface area contributed by atoms with E-state index in [2.05, 4.69) is 22.6 Å². The van der Waals surface area contributed by atoms with E-state index in [0.29, 0.717) is 6.42 Å². The zero-order valence-corrected chi connectivity index (χ0v) is 9.84. The highest BCUT2D eigenvalue weighted by molar-refractivity contribution is 6.03. The van der Waals surface area contributed by atoms with Crippen molar-refractivity contribution in [3.63, 3.8) is 0 Å². The number of allylic oxidation sites excluding steroid dienone is 4. The van der Waals surface area contributed by atoms with Crippen LogP contribution < -0.4 is 0 Å². The van der Waals surface area contributed by atoms with Gasteiger partial charge >= 0.3 is 0 Å². The van der Waals surface area contributed by atoms with Gasteiger partial charge < -0.3 is 4.84 Å². The van der Waals surface area contributed by atoms with Gasteiger partial charge in [0.2, 0.25) is 0 Å². The fourth-order valence-corrected chi connectivity index (χ4v) is 1.72. The van der Waals surface area contributed by atoms with Crippen molar-refractivity contribution in [1.29, 1.82) is 5.41 Å². The highest BCUT2D eigenvalue weighted by Crippen LogP contribution is 2.29. The van der Waals surface area contributed by atoms with E-state index in [1.807, 2.05) is 12.1 Å². The summed E-state index contributed by atoms with van der Waals surface area (Å²) in [5.41, 5.74) is 2.74. The summed E-state index contributed by atoms with van der Waals surface area (Å²) in [5.74, 6) is 2.20. The van der Waals surface area contributed by atoms with Crippen molar-refractivity contribution < 1.29 is 4.84 Å². The molecular formula is C14H13N3O. The van der Waals surface area contributed by atoms with Crippen LogP contribution in [0.25, 0.3) is 0 Å². The molecule has 2 rings (SSSR count). The van der Waals surface area contributed by atoms with Crippen LogP contribution in [0.1, 0.15) is 18.1 Å². The lowest BCUT2D eigenvalue weighted by Crippen LogP contribution is -2.01. The minimum absolute atomic E-state index is 0.0738. The molecule has 1 aliphatic rings. The van der Waals surface area contributed by atoms with Gasteiger partial charge in [0.15, 0.2) is 6.10 Å². The normalized spacial score (nSPS) is 18.6. The molecule has 0 aliphatic carbocycles. The minimum Gasteiger partial charge on any atom is -0.387 e. The molecule has 4 nitrogen and oxygen atoms in total. The van der Waals surface area contributed by atoms with E-state index in [-0.39, 0.29) is 6.10 Å². The molecule has 1 aliphatic heterocycles. The van der Waals surface area contributed by atoms with Gasteiger partial charge in [-0.15, -0.1) is 0 Å². The molecule has 0 fully saturated rings. The van der Waals surface area contributed by atoms with Crippen molar-refractivity contribution in [2.75, 3.05) is 0 Å². The van der Waals surface area contributed by atoms with Crippen LogP contribution in [0.5, 0.6) is 0 Å². The molecule has 1 unspecified atom stereocenters. The topological polar surface area (TPSA) is 58.3 Å². The predicted molar refractivity (Wildman–Crippen MR) is 70.7 cm³/mol. The molecule has 1 atom stereocenters. The molecule has 2 heterocycles. The number of hydrogen-bond donors (Lipinski definition) is 1. The zero-order chi connectivity index (χ0) is 12.8. The van der Waals surface area contributed by atoms with Crippen molar-refractivity contribution >= 4 is 11.6 Å². The lowest BCUT2D eigenvalue weighted by molar-refractivity contribution is 0.0857. The molecule has 90 valence electrons. The van der Waals surface area contributed by atoms with Crippen molar-refractivity contribution in [2.24, 2.45) is 5.16 Å². The summed E-state index contributed by atoms with van der Waals surface area (Å²) in [6.07, 6.45) is 9.04. The third-order valence-corrected chi connectivity index (χ3v) is 2.65. The second-order valence-corrected chi connectivity index (χ2v) is 3.75. The van der Waals surface area contributed by atoms with E-state index in [1.54, 1.807) is 24.5 Å². The van der Waals surface area contributed by atoms with Crippen LogP contribution in [0.2, 0.25) is 0 Å². The molecule has 0 spiro atoms. The molecule has 18 heavy (non-hydrogen) atoms. The van der Waals surface area contributed by atoms with Gasteiger partial charge in [0.05, 0.1) is 5.71 Å². The number of nitrogens with one attached hydrogen (secondary N) is 1. The highest BCUT2D eigenvalue weighted by Gasteiger charge is 2.23. The first-order valence-corrected chi connectivity index (χ1v) is 5.56. The Morgan fingerprint density at radius 3 is 2.94 bits per heavy atom. The quantitative estimate of drug-likeness (QED) is 0.648. The van der Waals surface area contributed by atoms with Crippen LogP contribution in [-0.4, -0.2) is 16.6 Å². The molecule has 0 bridgehead atoms. The number of oxime groups is 1. The number of pyridine rings is 1. The van der Waals surface area contributed by atoms with Crippen molar-refractivity contribution in [3.05, 3.63) is 60.5 Å². The zero-order valence-electron chi connectivity index (χ0n) is 9.84. The lowest BCUT2D eigenvalue weighted by Gasteiger charge is -2.07. The van der Waals surface area contributed by atoms with Crippen LogP contribution in [0.15, 0.2) is 60.1 Å². The fourth-order valence-electron chi connectivity index (χ4n) is 1.72. The third kappa shape index (κ3) is 2.62. The average Bonchev–Trinajstić information content (AvgIpc) is 2.90. The van der Waals surface area contributed by atoms with E-state index in [1.165, 1.54) is 6.08 Å². The largest absolute Gasteiger partial charge is 0.387 e. The van der Waals surface area contributed by atoms with E-state index < -0.39 is 0 Å². The second kappa shape index (κ2) is 5.75. The first-order valence-electron chi connectivity index (χ1n) is 5.56.